The molecule has 0 saturated heterocycles. The molecule has 0 atom stereocenters. The van der Waals surface area contributed by atoms with Crippen LogP contribution in [0.3, 0.4) is 0 Å². The number of hydrogen-bond donors (Lipinski definition) is 1. The highest BCUT2D eigenvalue weighted by Crippen LogP contribution is 2.49. The first-order valence-corrected chi connectivity index (χ1v) is 4.55. The smallest absolute Gasteiger partial charge is 0.344 e. The average Bonchev–Trinajstić information content (AvgIpc) is 2.73. The number of nitrogens with one attached hydrogen (secondary N) is 1. The summed E-state index contributed by atoms with van der Waals surface area (Å²) >= 11 is 0. The fourth-order valence-corrected chi connectivity index (χ4v) is 1.49. The van der Waals surface area contributed by atoms with Gasteiger partial charge in [0.1, 0.15) is 5.54 Å². The molecule has 1 aliphatic carbocycles. The third kappa shape index (κ3) is 1.42. The fourth-order valence-electron chi connectivity index (χ4n) is 1.49. The number of alkyl halides is 3. The van der Waals surface area contributed by atoms with E-state index in [-0.39, 0.29) is 12.8 Å². The molecule has 0 aromatic heterocycles. The first-order valence-electron chi connectivity index (χ1n) is 4.55. The molecule has 1 fully saturated rings. The Morgan fingerprint density at radius 3 is 2.43 bits per heavy atom. The first kappa shape index (κ1) is 9.61. The zero-order chi connectivity index (χ0) is 10.4. The predicted molar refractivity (Wildman–Crippen MR) is 46.1 cm³/mol. The number of halogens is 3. The Balaban J connectivity index is 2.04. The maximum atomic E-state index is 12.5. The van der Waals surface area contributed by atoms with E-state index in [1.165, 1.54) is 0 Å². The van der Waals surface area contributed by atoms with E-state index in [4.69, 9.17) is 0 Å². The predicted octanol–water partition coefficient (Wildman–Crippen LogP) is 0.972. The molecule has 0 spiro atoms. The summed E-state index contributed by atoms with van der Waals surface area (Å²) in [6.07, 6.45) is -3.86. The van der Waals surface area contributed by atoms with Gasteiger partial charge in [0.05, 0.1) is 6.54 Å². The van der Waals surface area contributed by atoms with Crippen LogP contribution >= 0.6 is 0 Å². The SMILES string of the molecule is CN1CCN=C1NC1(C(F)(F)F)CC1. The second-order valence-corrected chi connectivity index (χ2v) is 3.83. The number of nitrogens with zero attached hydrogens (tertiary/aromatic N) is 2. The van der Waals surface area contributed by atoms with Gasteiger partial charge in [0.25, 0.3) is 0 Å². The fraction of sp³-hybridized carbons (Fsp3) is 0.875. The number of aliphatic imine (C=N–C) groups is 1. The molecule has 0 bridgehead atoms. The molecule has 0 radical (unpaired) electrons. The van der Waals surface area contributed by atoms with Crippen LogP contribution in [0.4, 0.5) is 13.2 Å². The summed E-state index contributed by atoms with van der Waals surface area (Å²) in [7, 11) is 1.74. The van der Waals surface area contributed by atoms with Crippen molar-refractivity contribution in [3.8, 4) is 0 Å². The van der Waals surface area contributed by atoms with Crippen molar-refractivity contribution in [1.29, 1.82) is 0 Å². The van der Waals surface area contributed by atoms with E-state index in [0.29, 0.717) is 19.0 Å². The Hall–Kier alpha value is -0.940. The summed E-state index contributed by atoms with van der Waals surface area (Å²) in [5.41, 5.74) is -1.69. The van der Waals surface area contributed by atoms with E-state index in [0.717, 1.165) is 0 Å². The van der Waals surface area contributed by atoms with Crippen molar-refractivity contribution in [1.82, 2.24) is 10.2 Å². The summed E-state index contributed by atoms with van der Waals surface area (Å²) in [5.74, 6) is 0.375. The van der Waals surface area contributed by atoms with E-state index < -0.39 is 11.7 Å². The van der Waals surface area contributed by atoms with Crippen LogP contribution in [-0.2, 0) is 0 Å². The summed E-state index contributed by atoms with van der Waals surface area (Å²) in [5, 5.41) is 2.51. The third-order valence-electron chi connectivity index (χ3n) is 2.70. The lowest BCUT2D eigenvalue weighted by molar-refractivity contribution is -0.162. The topological polar surface area (TPSA) is 27.6 Å². The van der Waals surface area contributed by atoms with Gasteiger partial charge in [-0.15, -0.1) is 0 Å². The van der Waals surface area contributed by atoms with E-state index >= 15 is 0 Å². The maximum absolute atomic E-state index is 12.5. The van der Waals surface area contributed by atoms with Crippen LogP contribution < -0.4 is 5.32 Å². The van der Waals surface area contributed by atoms with Gasteiger partial charge < -0.3 is 10.2 Å². The molecular weight excluding hydrogens is 195 g/mol. The minimum absolute atomic E-state index is 0.156. The highest BCUT2D eigenvalue weighted by atomic mass is 19.4. The van der Waals surface area contributed by atoms with Crippen LogP contribution in [0.2, 0.25) is 0 Å². The van der Waals surface area contributed by atoms with Crippen LogP contribution in [0.1, 0.15) is 12.8 Å². The Morgan fingerprint density at radius 2 is 2.07 bits per heavy atom. The third-order valence-corrected chi connectivity index (χ3v) is 2.70. The monoisotopic (exact) mass is 207 g/mol. The molecule has 80 valence electrons. The standard InChI is InChI=1S/C8H12F3N3/c1-14-5-4-12-6(14)13-7(2-3-7)8(9,10)11/h2-5H2,1H3,(H,12,13). The van der Waals surface area contributed by atoms with Gasteiger partial charge in [0, 0.05) is 13.6 Å². The van der Waals surface area contributed by atoms with Crippen LogP contribution in [-0.4, -0.2) is 42.7 Å². The summed E-state index contributed by atoms with van der Waals surface area (Å²) in [6.45, 7) is 1.27. The highest BCUT2D eigenvalue weighted by molar-refractivity contribution is 5.82. The van der Waals surface area contributed by atoms with Crippen molar-refractivity contribution in [2.24, 2.45) is 4.99 Å². The Bertz CT molecular complexity index is 267. The van der Waals surface area contributed by atoms with Crippen LogP contribution in [0.25, 0.3) is 0 Å². The average molecular weight is 207 g/mol. The molecule has 0 unspecified atom stereocenters. The molecule has 6 heteroatoms. The molecule has 1 aliphatic heterocycles. The van der Waals surface area contributed by atoms with Crippen molar-refractivity contribution < 1.29 is 13.2 Å². The lowest BCUT2D eigenvalue weighted by Crippen LogP contribution is -2.51. The minimum atomic E-state index is -4.17. The summed E-state index contributed by atoms with van der Waals surface area (Å²) in [6, 6.07) is 0. The van der Waals surface area contributed by atoms with Crippen molar-refractivity contribution >= 4 is 5.96 Å². The molecule has 1 saturated carbocycles. The zero-order valence-electron chi connectivity index (χ0n) is 7.86. The van der Waals surface area contributed by atoms with Crippen molar-refractivity contribution in [2.45, 2.75) is 24.6 Å². The lowest BCUT2D eigenvalue weighted by atomic mass is 10.2. The molecular formula is C8H12F3N3. The Morgan fingerprint density at radius 1 is 1.43 bits per heavy atom. The van der Waals surface area contributed by atoms with Crippen LogP contribution in [0.5, 0.6) is 0 Å². The van der Waals surface area contributed by atoms with Crippen molar-refractivity contribution in [2.75, 3.05) is 20.1 Å². The summed E-state index contributed by atoms with van der Waals surface area (Å²) < 4.78 is 37.6. The number of rotatable bonds is 1. The van der Waals surface area contributed by atoms with Crippen molar-refractivity contribution in [3.63, 3.8) is 0 Å². The quantitative estimate of drug-likeness (QED) is 0.693. The van der Waals surface area contributed by atoms with Gasteiger partial charge >= 0.3 is 6.18 Å². The summed E-state index contributed by atoms with van der Waals surface area (Å²) in [4.78, 5) is 5.70. The van der Waals surface area contributed by atoms with Crippen LogP contribution in [0.15, 0.2) is 4.99 Å². The van der Waals surface area contributed by atoms with Crippen molar-refractivity contribution in [3.05, 3.63) is 0 Å². The Labute approximate surface area is 80.0 Å². The zero-order valence-corrected chi connectivity index (χ0v) is 7.86. The van der Waals surface area contributed by atoms with Gasteiger partial charge in [-0.1, -0.05) is 0 Å². The molecule has 1 heterocycles. The minimum Gasteiger partial charge on any atom is -0.344 e. The van der Waals surface area contributed by atoms with E-state index in [9.17, 15) is 13.2 Å². The van der Waals surface area contributed by atoms with Gasteiger partial charge in [0.15, 0.2) is 5.96 Å². The molecule has 0 aromatic rings. The van der Waals surface area contributed by atoms with Gasteiger partial charge in [-0.25, -0.2) is 0 Å². The number of hydrogen-bond acceptors (Lipinski definition) is 3. The largest absolute Gasteiger partial charge is 0.411 e. The number of likely N-dealkylation sites (N-methyl/N-ethyl adjacent to an activating group) is 1. The first-order chi connectivity index (χ1) is 6.45. The van der Waals surface area contributed by atoms with E-state index in [2.05, 4.69) is 10.3 Å². The van der Waals surface area contributed by atoms with Gasteiger partial charge in [-0.2, -0.15) is 13.2 Å². The maximum Gasteiger partial charge on any atom is 0.411 e. The second-order valence-electron chi connectivity index (χ2n) is 3.83. The van der Waals surface area contributed by atoms with Gasteiger partial charge in [-0.05, 0) is 12.8 Å². The van der Waals surface area contributed by atoms with E-state index in [1.807, 2.05) is 0 Å². The normalized spacial score (nSPS) is 24.9. The molecule has 3 nitrogen and oxygen atoms in total. The van der Waals surface area contributed by atoms with Gasteiger partial charge in [0.2, 0.25) is 0 Å². The highest BCUT2D eigenvalue weighted by Gasteiger charge is 2.64. The van der Waals surface area contributed by atoms with E-state index in [1.54, 1.807) is 11.9 Å². The number of guanidine groups is 1. The lowest BCUT2D eigenvalue weighted by Gasteiger charge is -2.24. The second kappa shape index (κ2) is 2.77. The van der Waals surface area contributed by atoms with Crippen LogP contribution in [0, 0.1) is 0 Å². The molecule has 14 heavy (non-hydrogen) atoms. The molecule has 2 aliphatic rings. The molecule has 0 aromatic carbocycles. The molecule has 0 amide bonds. The Kier molecular flexibility index (Phi) is 1.90. The molecule has 1 N–H and O–H groups in total. The van der Waals surface area contributed by atoms with Gasteiger partial charge in [-0.3, -0.25) is 4.99 Å². The molecule has 2 rings (SSSR count).